The molecule has 6 heteroatoms. The van der Waals surface area contributed by atoms with E-state index in [2.05, 4.69) is 15.6 Å². The summed E-state index contributed by atoms with van der Waals surface area (Å²) in [4.78, 5) is 16.8. The molecule has 3 heterocycles. The smallest absolute Gasteiger partial charge is 0.233 e. The summed E-state index contributed by atoms with van der Waals surface area (Å²) >= 11 is 0. The maximum absolute atomic E-state index is 15.1. The minimum atomic E-state index is -1.50. The lowest BCUT2D eigenvalue weighted by Crippen LogP contribution is -2.59. The van der Waals surface area contributed by atoms with Crippen LogP contribution in [-0.4, -0.2) is 49.4 Å². The number of hydrogen-bond acceptors (Lipinski definition) is 4. The molecule has 0 unspecified atom stereocenters. The van der Waals surface area contributed by atoms with Gasteiger partial charge < -0.3 is 15.4 Å². The predicted octanol–water partition coefficient (Wildman–Crippen LogP) is 0.767. The fraction of sp³-hybridized carbons (Fsp3) is 0.625. The Morgan fingerprint density at radius 3 is 3.23 bits per heavy atom. The van der Waals surface area contributed by atoms with E-state index in [0.29, 0.717) is 26.1 Å². The second-order valence-electron chi connectivity index (χ2n) is 6.21. The topological polar surface area (TPSA) is 63.2 Å². The number of nitrogens with one attached hydrogen (secondary N) is 2. The van der Waals surface area contributed by atoms with Gasteiger partial charge in [-0.05, 0) is 25.0 Å². The minimum absolute atomic E-state index is 0.147. The summed E-state index contributed by atoms with van der Waals surface area (Å²) in [7, 11) is 0. The molecule has 0 aliphatic carbocycles. The van der Waals surface area contributed by atoms with E-state index in [4.69, 9.17) is 4.74 Å². The van der Waals surface area contributed by atoms with E-state index in [1.54, 1.807) is 6.20 Å². The highest BCUT2D eigenvalue weighted by Crippen LogP contribution is 2.44. The predicted molar refractivity (Wildman–Crippen MR) is 80.3 cm³/mol. The average Bonchev–Trinajstić information content (AvgIpc) is 2.87. The fourth-order valence-corrected chi connectivity index (χ4v) is 3.40. The van der Waals surface area contributed by atoms with Crippen LogP contribution in [0.4, 0.5) is 4.39 Å². The highest BCUT2D eigenvalue weighted by atomic mass is 19.1. The Balaban J connectivity index is 1.63. The summed E-state index contributed by atoms with van der Waals surface area (Å²) in [5.74, 6) is -0.249. The number of carbonyl (C=O) groups is 1. The number of pyridine rings is 1. The lowest BCUT2D eigenvalue weighted by molar-refractivity contribution is -0.154. The molecule has 1 aromatic rings. The molecular weight excluding hydrogens is 285 g/mol. The van der Waals surface area contributed by atoms with E-state index in [9.17, 15) is 4.79 Å². The zero-order chi connectivity index (χ0) is 15.6. The van der Waals surface area contributed by atoms with E-state index in [1.165, 1.54) is 0 Å². The number of ether oxygens (including phenoxy) is 1. The lowest BCUT2D eigenvalue weighted by Gasteiger charge is -2.41. The highest BCUT2D eigenvalue weighted by Gasteiger charge is 2.62. The first-order valence-electron chi connectivity index (χ1n) is 7.74. The summed E-state index contributed by atoms with van der Waals surface area (Å²) in [6.07, 6.45) is 2.71. The highest BCUT2D eigenvalue weighted by molar-refractivity contribution is 5.85. The van der Waals surface area contributed by atoms with Crippen molar-refractivity contribution in [1.29, 1.82) is 0 Å². The van der Waals surface area contributed by atoms with Gasteiger partial charge in [-0.3, -0.25) is 9.78 Å². The van der Waals surface area contributed by atoms with Crippen LogP contribution in [0.2, 0.25) is 0 Å². The number of fused-ring (bicyclic) bond motifs is 1. The zero-order valence-electron chi connectivity index (χ0n) is 12.8. The van der Waals surface area contributed by atoms with Crippen molar-refractivity contribution in [2.45, 2.75) is 25.4 Å². The summed E-state index contributed by atoms with van der Waals surface area (Å²) in [5, 5.41) is 5.91. The SMILES string of the molecule is Cc1ncccc1CCNC(=O)[C@]12CNC[C@@]1(F)CCOC2. The molecule has 0 spiro atoms. The number of amides is 1. The van der Waals surface area contributed by atoms with Gasteiger partial charge in [0.15, 0.2) is 0 Å². The Morgan fingerprint density at radius 2 is 2.41 bits per heavy atom. The molecule has 1 aromatic heterocycles. The average molecular weight is 307 g/mol. The Kier molecular flexibility index (Phi) is 4.14. The molecule has 1 amide bonds. The van der Waals surface area contributed by atoms with Crippen LogP contribution in [0.3, 0.4) is 0 Å². The largest absolute Gasteiger partial charge is 0.380 e. The number of alkyl halides is 1. The zero-order valence-corrected chi connectivity index (χ0v) is 12.8. The number of hydrogen-bond donors (Lipinski definition) is 2. The molecule has 2 aliphatic rings. The van der Waals surface area contributed by atoms with Crippen LogP contribution in [-0.2, 0) is 16.0 Å². The van der Waals surface area contributed by atoms with Crippen LogP contribution in [0.25, 0.3) is 0 Å². The number of rotatable bonds is 4. The number of aryl methyl sites for hydroxylation is 1. The first kappa shape index (κ1) is 15.4. The first-order chi connectivity index (χ1) is 10.6. The standard InChI is InChI=1S/C16H22FN3O2/c1-12-13(3-2-6-19-12)4-7-20-14(21)15-9-18-10-16(15,17)5-8-22-11-15/h2-3,6,18H,4-5,7-11H2,1H3,(H,20,21)/t15-,16+/m1/s1. The Bertz CT molecular complexity index is 568. The number of aromatic nitrogens is 1. The van der Waals surface area contributed by atoms with Crippen molar-refractivity contribution in [3.8, 4) is 0 Å². The Morgan fingerprint density at radius 1 is 1.55 bits per heavy atom. The molecule has 22 heavy (non-hydrogen) atoms. The molecule has 0 bridgehead atoms. The summed E-state index contributed by atoms with van der Waals surface area (Å²) in [5.41, 5.74) is -0.538. The van der Waals surface area contributed by atoms with Gasteiger partial charge in [0.25, 0.3) is 0 Å². The van der Waals surface area contributed by atoms with Gasteiger partial charge in [-0.15, -0.1) is 0 Å². The van der Waals surface area contributed by atoms with Crippen LogP contribution in [0.5, 0.6) is 0 Å². The Labute approximate surface area is 129 Å². The summed E-state index contributed by atoms with van der Waals surface area (Å²) < 4.78 is 20.5. The molecule has 2 atom stereocenters. The van der Waals surface area contributed by atoms with E-state index in [0.717, 1.165) is 11.3 Å². The van der Waals surface area contributed by atoms with Gasteiger partial charge in [-0.25, -0.2) is 4.39 Å². The van der Waals surface area contributed by atoms with Crippen molar-refractivity contribution < 1.29 is 13.9 Å². The fourth-order valence-electron chi connectivity index (χ4n) is 3.40. The van der Waals surface area contributed by atoms with E-state index >= 15 is 4.39 Å². The molecule has 5 nitrogen and oxygen atoms in total. The second kappa shape index (κ2) is 5.93. The van der Waals surface area contributed by atoms with Crippen LogP contribution >= 0.6 is 0 Å². The number of halogens is 1. The van der Waals surface area contributed by atoms with Crippen LogP contribution < -0.4 is 10.6 Å². The van der Waals surface area contributed by atoms with Crippen molar-refractivity contribution in [1.82, 2.24) is 15.6 Å². The molecule has 3 rings (SSSR count). The summed E-state index contributed by atoms with van der Waals surface area (Å²) in [6, 6.07) is 3.87. The van der Waals surface area contributed by atoms with Gasteiger partial charge in [-0.2, -0.15) is 0 Å². The van der Waals surface area contributed by atoms with Crippen molar-refractivity contribution >= 4 is 5.91 Å². The van der Waals surface area contributed by atoms with Gasteiger partial charge in [0.1, 0.15) is 11.1 Å². The Hall–Kier alpha value is -1.53. The van der Waals surface area contributed by atoms with E-state index < -0.39 is 11.1 Å². The van der Waals surface area contributed by atoms with Gasteiger partial charge in [0.2, 0.25) is 5.91 Å². The van der Waals surface area contributed by atoms with Crippen molar-refractivity contribution in [2.75, 3.05) is 32.8 Å². The third kappa shape index (κ3) is 2.50. The van der Waals surface area contributed by atoms with Gasteiger partial charge in [-0.1, -0.05) is 6.07 Å². The third-order valence-corrected chi connectivity index (χ3v) is 4.91. The van der Waals surface area contributed by atoms with Crippen molar-refractivity contribution in [3.05, 3.63) is 29.6 Å². The molecule has 2 N–H and O–H groups in total. The molecule has 120 valence electrons. The number of nitrogens with zero attached hydrogens (tertiary/aromatic N) is 1. The van der Waals surface area contributed by atoms with Gasteiger partial charge >= 0.3 is 0 Å². The molecule has 0 saturated carbocycles. The quantitative estimate of drug-likeness (QED) is 0.862. The monoisotopic (exact) mass is 307 g/mol. The number of carbonyl (C=O) groups excluding carboxylic acids is 1. The van der Waals surface area contributed by atoms with E-state index in [1.807, 2.05) is 19.1 Å². The van der Waals surface area contributed by atoms with Crippen molar-refractivity contribution in [3.63, 3.8) is 0 Å². The maximum Gasteiger partial charge on any atom is 0.233 e. The van der Waals surface area contributed by atoms with Gasteiger partial charge in [0.05, 0.1) is 6.61 Å². The van der Waals surface area contributed by atoms with E-state index in [-0.39, 0.29) is 25.5 Å². The molecule has 2 fully saturated rings. The van der Waals surface area contributed by atoms with Crippen LogP contribution in [0.1, 0.15) is 17.7 Å². The van der Waals surface area contributed by atoms with Crippen molar-refractivity contribution in [2.24, 2.45) is 5.41 Å². The minimum Gasteiger partial charge on any atom is -0.380 e. The lowest BCUT2D eigenvalue weighted by atomic mass is 9.72. The molecular formula is C16H22FN3O2. The summed E-state index contributed by atoms with van der Waals surface area (Å²) in [6.45, 7) is 3.50. The van der Waals surface area contributed by atoms with Gasteiger partial charge in [0, 0.05) is 44.6 Å². The normalized spacial score (nSPS) is 30.8. The molecule has 2 saturated heterocycles. The maximum atomic E-state index is 15.1. The second-order valence-corrected chi connectivity index (χ2v) is 6.21. The molecule has 0 radical (unpaired) electrons. The van der Waals surface area contributed by atoms with Crippen LogP contribution in [0.15, 0.2) is 18.3 Å². The first-order valence-corrected chi connectivity index (χ1v) is 7.74. The van der Waals surface area contributed by atoms with Crippen LogP contribution in [0, 0.1) is 12.3 Å². The molecule has 2 aliphatic heterocycles. The molecule has 0 aromatic carbocycles. The third-order valence-electron chi connectivity index (χ3n) is 4.91.